The van der Waals surface area contributed by atoms with Crippen molar-refractivity contribution in [2.75, 3.05) is 19.7 Å². The first-order valence-electron chi connectivity index (χ1n) is 14.3. The summed E-state index contributed by atoms with van der Waals surface area (Å²) in [6.07, 6.45) is 9.64. The van der Waals surface area contributed by atoms with Crippen LogP contribution in [-0.4, -0.2) is 52.2 Å². The Hall–Kier alpha value is -2.87. The van der Waals surface area contributed by atoms with Gasteiger partial charge in [0.05, 0.1) is 5.52 Å². The normalized spacial score (nSPS) is 20.7. The van der Waals surface area contributed by atoms with Crippen molar-refractivity contribution in [2.24, 2.45) is 5.92 Å². The third-order valence-electron chi connectivity index (χ3n) is 8.91. The van der Waals surface area contributed by atoms with Crippen LogP contribution in [0.5, 0.6) is 11.5 Å². The highest BCUT2D eigenvalue weighted by atomic mass is 35.5. The van der Waals surface area contributed by atoms with Crippen molar-refractivity contribution < 1.29 is 19.3 Å². The molecule has 3 N–H and O–H groups in total. The first-order chi connectivity index (χ1) is 18.6. The molecule has 0 radical (unpaired) electrons. The predicted octanol–water partition coefficient (Wildman–Crippen LogP) is 6.34. The van der Waals surface area contributed by atoms with Gasteiger partial charge in [-0.1, -0.05) is 19.3 Å². The highest BCUT2D eigenvalue weighted by molar-refractivity contribution is 5.88. The molecule has 2 atom stereocenters. The molecule has 3 aliphatic rings. The van der Waals surface area contributed by atoms with Crippen LogP contribution in [-0.2, 0) is 12.8 Å². The van der Waals surface area contributed by atoms with E-state index in [1.165, 1.54) is 43.4 Å². The Bertz CT molecular complexity index is 1490. The number of aromatic nitrogens is 2. The van der Waals surface area contributed by atoms with Crippen LogP contribution in [0.15, 0.2) is 42.5 Å². The Morgan fingerprint density at radius 3 is 2.70 bits per heavy atom. The molecule has 2 aromatic carbocycles. The number of H-pyrrole nitrogens is 1. The van der Waals surface area contributed by atoms with Gasteiger partial charge >= 0.3 is 0 Å². The summed E-state index contributed by atoms with van der Waals surface area (Å²) < 4.78 is 27.0. The summed E-state index contributed by atoms with van der Waals surface area (Å²) in [6.45, 7) is 4.50. The number of ether oxygens (including phenoxy) is 2. The standard InChI is InChI=1S/C32H36FN3O2.ClH.H2O/c1-20-7-10-25-28(34-20)13-14-31-32(25)38-24(19-37-31)18-36(23-5-3-2-4-6-23)17-21-8-11-29-26(15-21)27-16-22(33)9-12-30(27)35-29;;/h7,9-10,12-14,16,21,23-24,35H,2-6,8,11,15,17-19H2,1H3;1H;1H2/t21-,24+;;/m1../s1. The van der Waals surface area contributed by atoms with Crippen LogP contribution in [0, 0.1) is 18.7 Å². The largest absolute Gasteiger partial charge is 0.486 e. The summed E-state index contributed by atoms with van der Waals surface area (Å²) in [5.74, 6) is 2.04. The summed E-state index contributed by atoms with van der Waals surface area (Å²) in [5.41, 5.74) is 5.62. The van der Waals surface area contributed by atoms with E-state index in [1.807, 2.05) is 31.2 Å². The van der Waals surface area contributed by atoms with Crippen molar-refractivity contribution in [3.63, 3.8) is 0 Å². The molecule has 2 aromatic heterocycles. The molecule has 3 heterocycles. The Kier molecular flexibility index (Phi) is 8.55. The van der Waals surface area contributed by atoms with Gasteiger partial charge in [-0.25, -0.2) is 4.39 Å². The average Bonchev–Trinajstić information content (AvgIpc) is 3.30. The summed E-state index contributed by atoms with van der Waals surface area (Å²) in [7, 11) is 0. The summed E-state index contributed by atoms with van der Waals surface area (Å²) in [6, 6.07) is 13.9. The van der Waals surface area contributed by atoms with Crippen molar-refractivity contribution in [1.82, 2.24) is 14.9 Å². The first-order valence-corrected chi connectivity index (χ1v) is 14.3. The number of nitrogens with zero attached hydrogens (tertiary/aromatic N) is 2. The van der Waals surface area contributed by atoms with Crippen molar-refractivity contribution in [1.29, 1.82) is 0 Å². The maximum Gasteiger partial charge on any atom is 0.171 e. The molecule has 0 bridgehead atoms. The molecule has 40 heavy (non-hydrogen) atoms. The van der Waals surface area contributed by atoms with Crippen molar-refractivity contribution in [3.8, 4) is 11.5 Å². The fourth-order valence-corrected chi connectivity index (χ4v) is 7.00. The highest BCUT2D eigenvalue weighted by Crippen LogP contribution is 2.39. The van der Waals surface area contributed by atoms with E-state index in [9.17, 15) is 4.39 Å². The zero-order chi connectivity index (χ0) is 25.6. The van der Waals surface area contributed by atoms with E-state index in [-0.39, 0.29) is 29.8 Å². The third kappa shape index (κ3) is 5.52. The zero-order valence-electron chi connectivity index (χ0n) is 23.0. The smallest absolute Gasteiger partial charge is 0.171 e. The van der Waals surface area contributed by atoms with E-state index >= 15 is 0 Å². The van der Waals surface area contributed by atoms with Gasteiger partial charge < -0.3 is 19.9 Å². The lowest BCUT2D eigenvalue weighted by molar-refractivity contribution is 0.0313. The SMILES string of the molecule is Cc1ccc2c3c(ccc2n1)OC[C@H](CN(C[C@@H]1CCc2[nH]c4ccc(F)cc4c2C1)C1CCCCC1)O3.Cl.O. The Morgan fingerprint density at radius 2 is 1.85 bits per heavy atom. The first kappa shape index (κ1) is 28.7. The minimum Gasteiger partial charge on any atom is -0.486 e. The van der Waals surface area contributed by atoms with Crippen molar-refractivity contribution in [3.05, 3.63) is 65.2 Å². The van der Waals surface area contributed by atoms with Crippen LogP contribution in [0.4, 0.5) is 4.39 Å². The van der Waals surface area contributed by atoms with E-state index in [4.69, 9.17) is 9.47 Å². The molecule has 0 spiro atoms. The fourth-order valence-electron chi connectivity index (χ4n) is 7.00. The van der Waals surface area contributed by atoms with Crippen LogP contribution in [0.3, 0.4) is 0 Å². The second-order valence-corrected chi connectivity index (χ2v) is 11.6. The Labute approximate surface area is 241 Å². The van der Waals surface area contributed by atoms with Crippen LogP contribution >= 0.6 is 12.4 Å². The van der Waals surface area contributed by atoms with E-state index in [0.29, 0.717) is 18.6 Å². The molecule has 0 amide bonds. The van der Waals surface area contributed by atoms with Gasteiger partial charge in [0.25, 0.3) is 0 Å². The van der Waals surface area contributed by atoms with Gasteiger partial charge in [0.1, 0.15) is 18.5 Å². The number of aryl methyl sites for hydroxylation is 2. The number of pyridine rings is 1. The molecule has 0 saturated heterocycles. The van der Waals surface area contributed by atoms with Crippen LogP contribution in [0.1, 0.15) is 55.5 Å². The molecule has 6 nitrogen and oxygen atoms in total. The lowest BCUT2D eigenvalue weighted by Crippen LogP contribution is -2.48. The monoisotopic (exact) mass is 567 g/mol. The lowest BCUT2D eigenvalue weighted by atomic mass is 9.85. The maximum absolute atomic E-state index is 14.1. The number of hydrogen-bond acceptors (Lipinski definition) is 4. The van der Waals surface area contributed by atoms with Crippen LogP contribution < -0.4 is 9.47 Å². The quantitative estimate of drug-likeness (QED) is 0.305. The molecule has 1 fully saturated rings. The van der Waals surface area contributed by atoms with Gasteiger partial charge in [-0.3, -0.25) is 9.88 Å². The minimum absolute atomic E-state index is 0. The van der Waals surface area contributed by atoms with Gasteiger partial charge in [-0.05, 0) is 93.0 Å². The fraction of sp³-hybridized carbons (Fsp3) is 0.469. The average molecular weight is 568 g/mol. The zero-order valence-corrected chi connectivity index (χ0v) is 23.9. The molecule has 2 aliphatic carbocycles. The van der Waals surface area contributed by atoms with Gasteiger partial charge in [0, 0.05) is 46.8 Å². The molecule has 214 valence electrons. The van der Waals surface area contributed by atoms with E-state index < -0.39 is 0 Å². The van der Waals surface area contributed by atoms with Crippen LogP contribution in [0.25, 0.3) is 21.8 Å². The lowest BCUT2D eigenvalue weighted by Gasteiger charge is -2.40. The molecule has 7 rings (SSSR count). The number of halogens is 2. The summed E-state index contributed by atoms with van der Waals surface area (Å²) in [4.78, 5) is 10.9. The molecule has 8 heteroatoms. The van der Waals surface area contributed by atoms with E-state index in [0.717, 1.165) is 71.4 Å². The second kappa shape index (κ2) is 11.9. The second-order valence-electron chi connectivity index (χ2n) is 11.6. The van der Waals surface area contributed by atoms with Gasteiger partial charge in [0.15, 0.2) is 11.5 Å². The van der Waals surface area contributed by atoms with Crippen molar-refractivity contribution >= 4 is 34.2 Å². The molecule has 1 aliphatic heterocycles. The molecule has 4 aromatic rings. The van der Waals surface area contributed by atoms with Crippen LogP contribution in [0.2, 0.25) is 0 Å². The summed E-state index contributed by atoms with van der Waals surface area (Å²) >= 11 is 0. The number of nitrogens with one attached hydrogen (secondary N) is 1. The molecule has 1 saturated carbocycles. The van der Waals surface area contributed by atoms with Gasteiger partial charge in [-0.2, -0.15) is 0 Å². The molecular formula is C32H39ClFN3O3. The number of benzene rings is 2. The van der Waals surface area contributed by atoms with Crippen molar-refractivity contribution in [2.45, 2.75) is 70.4 Å². The van der Waals surface area contributed by atoms with Gasteiger partial charge in [-0.15, -0.1) is 12.4 Å². The topological polar surface area (TPSA) is 81.9 Å². The minimum atomic E-state index is -0.155. The number of aromatic amines is 1. The van der Waals surface area contributed by atoms with E-state index in [1.54, 1.807) is 12.1 Å². The maximum atomic E-state index is 14.1. The molecule has 0 unspecified atom stereocenters. The predicted molar refractivity (Wildman–Crippen MR) is 159 cm³/mol. The highest BCUT2D eigenvalue weighted by Gasteiger charge is 2.32. The Morgan fingerprint density at radius 1 is 1.00 bits per heavy atom. The summed E-state index contributed by atoms with van der Waals surface area (Å²) in [5, 5.41) is 2.08. The number of hydrogen-bond donors (Lipinski definition) is 1. The Balaban J connectivity index is 0.00000161. The third-order valence-corrected chi connectivity index (χ3v) is 8.91. The number of rotatable bonds is 5. The number of fused-ring (bicyclic) bond motifs is 6. The van der Waals surface area contributed by atoms with Gasteiger partial charge in [0.2, 0.25) is 0 Å². The molecular weight excluding hydrogens is 529 g/mol. The van der Waals surface area contributed by atoms with E-state index in [2.05, 4.69) is 20.9 Å².